The molecule has 0 spiro atoms. The van der Waals surface area contributed by atoms with Crippen LogP contribution in [0.4, 0.5) is 5.13 Å². The van der Waals surface area contributed by atoms with Gasteiger partial charge in [0.2, 0.25) is 0 Å². The lowest BCUT2D eigenvalue weighted by molar-refractivity contribution is 0.879. The van der Waals surface area contributed by atoms with Crippen LogP contribution in [0.3, 0.4) is 0 Å². The topological polar surface area (TPSA) is 37.8 Å². The minimum atomic E-state index is 0.183. The Bertz CT molecular complexity index is 696. The number of benzene rings is 1. The number of anilines is 1. The fourth-order valence-corrected chi connectivity index (χ4v) is 3.14. The molecule has 0 saturated carbocycles. The van der Waals surface area contributed by atoms with Crippen molar-refractivity contribution in [3.8, 4) is 0 Å². The third kappa shape index (κ3) is 2.55. The van der Waals surface area contributed by atoms with E-state index >= 15 is 0 Å². The van der Waals surface area contributed by atoms with Crippen LogP contribution in [0.2, 0.25) is 5.02 Å². The number of nitrogens with one attached hydrogen (secondary N) is 1. The number of hydrogen-bond acceptors (Lipinski definition) is 4. The fraction of sp³-hybridized carbons (Fsp3) is 0.143. The van der Waals surface area contributed by atoms with Gasteiger partial charge in [0, 0.05) is 12.4 Å². The number of fused-ring (bicyclic) bond motifs is 1. The lowest BCUT2D eigenvalue weighted by Crippen LogP contribution is -2.05. The number of pyridine rings is 1. The predicted octanol–water partition coefficient (Wildman–Crippen LogP) is 4.52. The molecule has 19 heavy (non-hydrogen) atoms. The molecule has 3 nitrogen and oxygen atoms in total. The Balaban J connectivity index is 1.88. The van der Waals surface area contributed by atoms with Crippen molar-refractivity contribution in [2.45, 2.75) is 13.0 Å². The summed E-state index contributed by atoms with van der Waals surface area (Å²) < 4.78 is 1.02. The highest BCUT2D eigenvalue weighted by atomic mass is 35.5. The molecule has 0 fully saturated rings. The van der Waals surface area contributed by atoms with Gasteiger partial charge in [-0.25, -0.2) is 4.98 Å². The summed E-state index contributed by atoms with van der Waals surface area (Å²) in [5.41, 5.74) is 2.11. The average Bonchev–Trinajstić information content (AvgIpc) is 2.84. The molecule has 5 heteroatoms. The minimum absolute atomic E-state index is 0.183. The van der Waals surface area contributed by atoms with Crippen LogP contribution >= 0.6 is 22.9 Å². The normalized spacial score (nSPS) is 12.5. The summed E-state index contributed by atoms with van der Waals surface area (Å²) in [4.78, 5) is 8.57. The fourth-order valence-electron chi connectivity index (χ4n) is 1.90. The zero-order chi connectivity index (χ0) is 13.2. The van der Waals surface area contributed by atoms with Gasteiger partial charge in [-0.05, 0) is 36.8 Å². The maximum absolute atomic E-state index is 6.16. The van der Waals surface area contributed by atoms with Gasteiger partial charge < -0.3 is 5.32 Å². The molecule has 1 unspecified atom stereocenters. The summed E-state index contributed by atoms with van der Waals surface area (Å²) in [6.07, 6.45) is 3.59. The standard InChI is InChI=1S/C14H12ClN3S/c1-9(10-5-7-16-8-6-10)17-14-18-12-4-2-3-11(15)13(12)19-14/h2-9H,1H3,(H,17,18). The lowest BCUT2D eigenvalue weighted by Gasteiger charge is -2.12. The van der Waals surface area contributed by atoms with E-state index in [4.69, 9.17) is 11.6 Å². The molecular formula is C14H12ClN3S. The number of halogens is 1. The largest absolute Gasteiger partial charge is 0.355 e. The molecule has 1 aromatic carbocycles. The summed E-state index contributed by atoms with van der Waals surface area (Å²) in [5, 5.41) is 5.03. The van der Waals surface area contributed by atoms with Crippen LogP contribution in [-0.4, -0.2) is 9.97 Å². The molecule has 0 aliphatic rings. The zero-order valence-electron chi connectivity index (χ0n) is 10.3. The number of hydrogen-bond donors (Lipinski definition) is 1. The van der Waals surface area contributed by atoms with Crippen LogP contribution in [-0.2, 0) is 0 Å². The van der Waals surface area contributed by atoms with Gasteiger partial charge >= 0.3 is 0 Å². The molecule has 0 aliphatic carbocycles. The van der Waals surface area contributed by atoms with Gasteiger partial charge in [0.25, 0.3) is 0 Å². The number of rotatable bonds is 3. The minimum Gasteiger partial charge on any atom is -0.355 e. The van der Waals surface area contributed by atoms with E-state index in [0.717, 1.165) is 20.4 Å². The quantitative estimate of drug-likeness (QED) is 0.770. The molecule has 3 aromatic rings. The molecule has 0 bridgehead atoms. The summed E-state index contributed by atoms with van der Waals surface area (Å²) in [7, 11) is 0. The number of thiazole rings is 1. The molecule has 3 rings (SSSR count). The van der Waals surface area contributed by atoms with E-state index < -0.39 is 0 Å². The Morgan fingerprint density at radius 1 is 1.21 bits per heavy atom. The van der Waals surface area contributed by atoms with Crippen LogP contribution in [0, 0.1) is 0 Å². The first-order valence-corrected chi connectivity index (χ1v) is 7.15. The highest BCUT2D eigenvalue weighted by Gasteiger charge is 2.10. The monoisotopic (exact) mass is 289 g/mol. The third-order valence-electron chi connectivity index (χ3n) is 2.91. The van der Waals surface area contributed by atoms with E-state index in [-0.39, 0.29) is 6.04 Å². The van der Waals surface area contributed by atoms with Crippen molar-refractivity contribution in [1.29, 1.82) is 0 Å². The third-order valence-corrected chi connectivity index (χ3v) is 4.38. The molecule has 0 amide bonds. The van der Waals surface area contributed by atoms with Crippen molar-refractivity contribution in [2.75, 3.05) is 5.32 Å². The molecule has 1 atom stereocenters. The second kappa shape index (κ2) is 5.15. The van der Waals surface area contributed by atoms with Gasteiger partial charge in [-0.15, -0.1) is 0 Å². The van der Waals surface area contributed by atoms with Gasteiger partial charge in [0.1, 0.15) is 0 Å². The molecule has 96 valence electrons. The Labute approximate surface area is 120 Å². The lowest BCUT2D eigenvalue weighted by atomic mass is 10.1. The Hall–Kier alpha value is -1.65. The van der Waals surface area contributed by atoms with Gasteiger partial charge in [0.05, 0.1) is 21.3 Å². The van der Waals surface area contributed by atoms with Crippen molar-refractivity contribution in [3.05, 3.63) is 53.3 Å². The predicted molar refractivity (Wildman–Crippen MR) is 80.9 cm³/mol. The maximum Gasteiger partial charge on any atom is 0.184 e. The molecule has 1 N–H and O–H groups in total. The van der Waals surface area contributed by atoms with Gasteiger partial charge in [-0.2, -0.15) is 0 Å². The van der Waals surface area contributed by atoms with Crippen LogP contribution in [0.25, 0.3) is 10.2 Å². The first-order valence-electron chi connectivity index (χ1n) is 5.95. The van der Waals surface area contributed by atoms with Crippen LogP contribution in [0.15, 0.2) is 42.7 Å². The summed E-state index contributed by atoms with van der Waals surface area (Å²) in [6, 6.07) is 9.96. The average molecular weight is 290 g/mol. The molecule has 2 aromatic heterocycles. The van der Waals surface area contributed by atoms with Crippen LogP contribution in [0.1, 0.15) is 18.5 Å². The highest BCUT2D eigenvalue weighted by molar-refractivity contribution is 7.22. The van der Waals surface area contributed by atoms with E-state index in [2.05, 4.69) is 22.2 Å². The second-order valence-electron chi connectivity index (χ2n) is 4.25. The molecule has 2 heterocycles. The zero-order valence-corrected chi connectivity index (χ0v) is 11.9. The second-order valence-corrected chi connectivity index (χ2v) is 5.66. The number of nitrogens with zero attached hydrogens (tertiary/aromatic N) is 2. The van der Waals surface area contributed by atoms with Crippen molar-refractivity contribution in [1.82, 2.24) is 9.97 Å². The van der Waals surface area contributed by atoms with Gasteiger partial charge in [0.15, 0.2) is 5.13 Å². The van der Waals surface area contributed by atoms with E-state index in [1.54, 1.807) is 23.7 Å². The van der Waals surface area contributed by atoms with Crippen LogP contribution in [0.5, 0.6) is 0 Å². The van der Waals surface area contributed by atoms with Gasteiger partial charge in [-0.1, -0.05) is 29.0 Å². The molecular weight excluding hydrogens is 278 g/mol. The van der Waals surface area contributed by atoms with Crippen molar-refractivity contribution in [3.63, 3.8) is 0 Å². The maximum atomic E-state index is 6.16. The smallest absolute Gasteiger partial charge is 0.184 e. The summed E-state index contributed by atoms with van der Waals surface area (Å²) >= 11 is 7.74. The Kier molecular flexibility index (Phi) is 3.36. The Morgan fingerprint density at radius 2 is 2.00 bits per heavy atom. The first kappa shape index (κ1) is 12.4. The molecule has 0 saturated heterocycles. The van der Waals surface area contributed by atoms with Gasteiger partial charge in [-0.3, -0.25) is 4.98 Å². The van der Waals surface area contributed by atoms with E-state index in [9.17, 15) is 0 Å². The SMILES string of the molecule is CC(Nc1nc2cccc(Cl)c2s1)c1ccncc1. The van der Waals surface area contributed by atoms with Crippen molar-refractivity contribution in [2.24, 2.45) is 0 Å². The highest BCUT2D eigenvalue weighted by Crippen LogP contribution is 2.33. The van der Waals surface area contributed by atoms with E-state index in [1.165, 1.54) is 5.56 Å². The van der Waals surface area contributed by atoms with E-state index in [0.29, 0.717) is 0 Å². The van der Waals surface area contributed by atoms with E-state index in [1.807, 2.05) is 30.3 Å². The summed E-state index contributed by atoms with van der Waals surface area (Å²) in [5.74, 6) is 0. The Morgan fingerprint density at radius 3 is 2.74 bits per heavy atom. The molecule has 0 radical (unpaired) electrons. The first-order chi connectivity index (χ1) is 9.24. The van der Waals surface area contributed by atoms with Crippen molar-refractivity contribution < 1.29 is 0 Å². The van der Waals surface area contributed by atoms with Crippen LogP contribution < -0.4 is 5.32 Å². The number of aromatic nitrogens is 2. The summed E-state index contributed by atoms with van der Waals surface area (Å²) in [6.45, 7) is 2.10. The molecule has 0 aliphatic heterocycles. The van der Waals surface area contributed by atoms with Crippen molar-refractivity contribution >= 4 is 38.3 Å².